The van der Waals surface area contributed by atoms with Gasteiger partial charge in [-0.05, 0) is 167 Å². The molecule has 0 N–H and O–H groups in total. The Labute approximate surface area is 354 Å². The summed E-state index contributed by atoms with van der Waals surface area (Å²) in [5, 5.41) is 2.36. The molecule has 0 atom stereocenters. The normalized spacial score (nSPS) is 12.5. The Morgan fingerprint density at radius 1 is 0.283 bits per heavy atom. The van der Waals surface area contributed by atoms with Gasteiger partial charge in [-0.15, -0.1) is 0 Å². The van der Waals surface area contributed by atoms with E-state index in [0.29, 0.717) is 0 Å². The maximum Gasteiger partial charge on any atom is 0.0468 e. The molecule has 0 heterocycles. The van der Waals surface area contributed by atoms with Crippen molar-refractivity contribution in [2.45, 2.75) is 33.1 Å². The van der Waals surface area contributed by atoms with Crippen molar-refractivity contribution in [1.82, 2.24) is 0 Å². The smallest absolute Gasteiger partial charge is 0.0468 e. The largest absolute Gasteiger partial charge is 0.310 e. The fraction of sp³-hybridized carbons (Fsp3) is 0.0877. The van der Waals surface area contributed by atoms with Crippen molar-refractivity contribution in [1.29, 1.82) is 0 Å². The number of nitrogens with zero attached hydrogens (tertiary/aromatic N) is 3. The summed E-state index contributed by atoms with van der Waals surface area (Å²) in [6, 6.07) is 77.3. The summed E-state index contributed by atoms with van der Waals surface area (Å²) < 4.78 is 0. The van der Waals surface area contributed by atoms with E-state index < -0.39 is 0 Å². The van der Waals surface area contributed by atoms with E-state index in [1.807, 2.05) is 0 Å². The van der Waals surface area contributed by atoms with E-state index in [1.165, 1.54) is 44.2 Å². The van der Waals surface area contributed by atoms with E-state index in [4.69, 9.17) is 0 Å². The number of para-hydroxylation sites is 2. The van der Waals surface area contributed by atoms with Gasteiger partial charge in [0.2, 0.25) is 0 Å². The molecule has 0 amide bonds. The highest BCUT2D eigenvalue weighted by atomic mass is 15.2. The lowest BCUT2D eigenvalue weighted by atomic mass is 9.82. The van der Waals surface area contributed by atoms with Crippen LogP contribution in [0.2, 0.25) is 0 Å². The van der Waals surface area contributed by atoms with Crippen LogP contribution in [0.5, 0.6) is 0 Å². The molecule has 0 aromatic heterocycles. The summed E-state index contributed by atoms with van der Waals surface area (Å²) in [5.41, 5.74) is 17.8. The quantitative estimate of drug-likeness (QED) is 0.145. The minimum Gasteiger partial charge on any atom is -0.310 e. The molecule has 0 spiro atoms. The molecule has 9 aromatic rings. The molecule has 1 aliphatic rings. The molecule has 0 radical (unpaired) electrons. The van der Waals surface area contributed by atoms with E-state index in [9.17, 15) is 0 Å². The lowest BCUT2D eigenvalue weighted by molar-refractivity contribution is 0.660. The van der Waals surface area contributed by atoms with Crippen LogP contribution in [0.15, 0.2) is 212 Å². The fourth-order valence-electron chi connectivity index (χ4n) is 9.11. The van der Waals surface area contributed by atoms with Crippen LogP contribution in [0.25, 0.3) is 21.9 Å². The first-order chi connectivity index (χ1) is 29.3. The molecule has 0 unspecified atom stereocenters. The average molecular weight is 774 g/mol. The number of hydrogen-bond donors (Lipinski definition) is 0. The molecular formula is C57H47N3. The molecule has 0 saturated heterocycles. The third kappa shape index (κ3) is 6.68. The summed E-state index contributed by atoms with van der Waals surface area (Å²) in [5.74, 6) is 0. The van der Waals surface area contributed by atoms with Crippen LogP contribution in [0, 0.1) is 13.8 Å². The predicted octanol–water partition coefficient (Wildman–Crippen LogP) is 16.2. The molecule has 0 bridgehead atoms. The van der Waals surface area contributed by atoms with Crippen molar-refractivity contribution < 1.29 is 0 Å². The van der Waals surface area contributed by atoms with Gasteiger partial charge in [0.15, 0.2) is 0 Å². The second-order valence-corrected chi connectivity index (χ2v) is 16.5. The maximum absolute atomic E-state index is 2.42. The van der Waals surface area contributed by atoms with Crippen LogP contribution in [-0.2, 0) is 5.41 Å². The molecular weight excluding hydrogens is 727 g/mol. The summed E-state index contributed by atoms with van der Waals surface area (Å²) >= 11 is 0. The van der Waals surface area contributed by atoms with E-state index in [2.05, 4.69) is 255 Å². The van der Waals surface area contributed by atoms with Gasteiger partial charge < -0.3 is 14.7 Å². The van der Waals surface area contributed by atoms with Gasteiger partial charge in [0, 0.05) is 56.6 Å². The molecule has 10 rings (SSSR count). The Morgan fingerprint density at radius 3 is 1.17 bits per heavy atom. The maximum atomic E-state index is 2.42. The van der Waals surface area contributed by atoms with E-state index in [-0.39, 0.29) is 5.41 Å². The fourth-order valence-corrected chi connectivity index (χ4v) is 9.11. The first kappa shape index (κ1) is 36.9. The van der Waals surface area contributed by atoms with Gasteiger partial charge in [0.25, 0.3) is 0 Å². The Balaban J connectivity index is 1.09. The van der Waals surface area contributed by atoms with Crippen molar-refractivity contribution in [3.63, 3.8) is 0 Å². The topological polar surface area (TPSA) is 9.72 Å². The van der Waals surface area contributed by atoms with Crippen molar-refractivity contribution in [2.75, 3.05) is 14.7 Å². The highest BCUT2D eigenvalue weighted by molar-refractivity contribution is 5.94. The Bertz CT molecular complexity index is 2990. The molecule has 60 heavy (non-hydrogen) atoms. The molecule has 1 aliphatic carbocycles. The van der Waals surface area contributed by atoms with Crippen molar-refractivity contribution in [2.24, 2.45) is 0 Å². The standard InChI is InChI=1S/C57H47N3/c1-40-15-13-21-48(35-40)58(44-17-7-5-8-18-44)46-29-31-47(32-30-46)60(52-33-34-54-53-23-11-12-24-55(53)57(3,4)56(54)39-52)51-28-26-42-37-50(27-25-43(42)38-51)59(45-19-9-6-10-20-45)49-22-14-16-41(2)36-49/h5-39H,1-4H3. The van der Waals surface area contributed by atoms with Crippen LogP contribution in [-0.4, -0.2) is 0 Å². The number of rotatable bonds is 9. The lowest BCUT2D eigenvalue weighted by Gasteiger charge is -2.30. The monoisotopic (exact) mass is 773 g/mol. The first-order valence-electron chi connectivity index (χ1n) is 20.8. The van der Waals surface area contributed by atoms with E-state index in [1.54, 1.807) is 0 Å². The second-order valence-electron chi connectivity index (χ2n) is 16.5. The van der Waals surface area contributed by atoms with Gasteiger partial charge in [-0.2, -0.15) is 0 Å². The number of fused-ring (bicyclic) bond motifs is 4. The summed E-state index contributed by atoms with van der Waals surface area (Å²) in [6.45, 7) is 9.01. The van der Waals surface area contributed by atoms with E-state index >= 15 is 0 Å². The van der Waals surface area contributed by atoms with Crippen LogP contribution >= 0.6 is 0 Å². The van der Waals surface area contributed by atoms with Crippen LogP contribution in [0.3, 0.4) is 0 Å². The zero-order valence-electron chi connectivity index (χ0n) is 34.5. The molecule has 3 heteroatoms. The van der Waals surface area contributed by atoms with Gasteiger partial charge in [-0.3, -0.25) is 0 Å². The Kier molecular flexibility index (Phi) is 9.30. The SMILES string of the molecule is Cc1cccc(N(c2ccccc2)c2ccc(N(c3ccc4c(c3)C(C)(C)c3ccccc3-4)c3ccc4cc(N(c5ccccc5)c5cccc(C)c5)ccc4c3)cc2)c1. The van der Waals surface area contributed by atoms with Gasteiger partial charge in [-0.25, -0.2) is 0 Å². The highest BCUT2D eigenvalue weighted by Crippen LogP contribution is 2.51. The number of benzene rings is 9. The number of aryl methyl sites for hydroxylation is 2. The molecule has 0 fully saturated rings. The molecule has 290 valence electrons. The molecule has 3 nitrogen and oxygen atoms in total. The van der Waals surface area contributed by atoms with Gasteiger partial charge in [-0.1, -0.05) is 117 Å². The third-order valence-electron chi connectivity index (χ3n) is 12.1. The molecule has 0 aliphatic heterocycles. The molecule has 0 saturated carbocycles. The third-order valence-corrected chi connectivity index (χ3v) is 12.1. The minimum absolute atomic E-state index is 0.122. The lowest BCUT2D eigenvalue weighted by Crippen LogP contribution is -2.16. The Morgan fingerprint density at radius 2 is 0.650 bits per heavy atom. The highest BCUT2D eigenvalue weighted by Gasteiger charge is 2.35. The van der Waals surface area contributed by atoms with Gasteiger partial charge in [0.1, 0.15) is 0 Å². The first-order valence-corrected chi connectivity index (χ1v) is 20.8. The van der Waals surface area contributed by atoms with Crippen LogP contribution in [0.4, 0.5) is 51.2 Å². The molecule has 9 aromatic carbocycles. The zero-order chi connectivity index (χ0) is 40.8. The zero-order valence-corrected chi connectivity index (χ0v) is 34.5. The summed E-state index contributed by atoms with van der Waals surface area (Å²) in [6.07, 6.45) is 0. The van der Waals surface area contributed by atoms with Crippen LogP contribution in [0.1, 0.15) is 36.1 Å². The van der Waals surface area contributed by atoms with E-state index in [0.717, 1.165) is 51.2 Å². The van der Waals surface area contributed by atoms with Gasteiger partial charge >= 0.3 is 0 Å². The van der Waals surface area contributed by atoms with Gasteiger partial charge in [0.05, 0.1) is 0 Å². The van der Waals surface area contributed by atoms with Crippen molar-refractivity contribution in [3.8, 4) is 11.1 Å². The number of hydrogen-bond acceptors (Lipinski definition) is 3. The summed E-state index contributed by atoms with van der Waals surface area (Å²) in [4.78, 5) is 7.09. The minimum atomic E-state index is -0.122. The second kappa shape index (κ2) is 15.1. The number of anilines is 9. The average Bonchev–Trinajstić information content (AvgIpc) is 3.50. The van der Waals surface area contributed by atoms with Crippen molar-refractivity contribution >= 4 is 62.0 Å². The Hall–Kier alpha value is -7.36. The summed E-state index contributed by atoms with van der Waals surface area (Å²) in [7, 11) is 0. The predicted molar refractivity (Wildman–Crippen MR) is 255 cm³/mol. The van der Waals surface area contributed by atoms with Crippen molar-refractivity contribution in [3.05, 3.63) is 235 Å². The van der Waals surface area contributed by atoms with Crippen LogP contribution < -0.4 is 14.7 Å².